The number of amides is 1. The molecule has 0 spiro atoms. The highest BCUT2D eigenvalue weighted by Gasteiger charge is 2.35. The predicted octanol–water partition coefficient (Wildman–Crippen LogP) is 1.11. The van der Waals surface area contributed by atoms with Gasteiger partial charge in [0, 0.05) is 17.7 Å². The maximum absolute atomic E-state index is 12.2. The molecule has 1 aromatic carbocycles. The van der Waals surface area contributed by atoms with Crippen molar-refractivity contribution in [3.8, 4) is 0 Å². The number of aliphatic hydroxyl groups is 1. The molecule has 1 aliphatic heterocycles. The molecule has 2 rings (SSSR count). The molecule has 1 aromatic rings. The number of aliphatic hydroxyl groups excluding tert-OH is 1. The summed E-state index contributed by atoms with van der Waals surface area (Å²) in [5.41, 5.74) is 1.25. The summed E-state index contributed by atoms with van der Waals surface area (Å²) in [6.07, 6.45) is 0.754. The molecule has 5 nitrogen and oxygen atoms in total. The van der Waals surface area contributed by atoms with E-state index >= 15 is 0 Å². The smallest absolute Gasteiger partial charge is 0.227 e. The zero-order valence-electron chi connectivity index (χ0n) is 11.4. The lowest BCUT2D eigenvalue weighted by Crippen LogP contribution is -2.41. The molecule has 1 heterocycles. The Bertz CT molecular complexity index is 597. The minimum absolute atomic E-state index is 0.00149. The molecule has 0 unspecified atom stereocenters. The van der Waals surface area contributed by atoms with Gasteiger partial charge in [-0.05, 0) is 12.5 Å². The van der Waals surface area contributed by atoms with E-state index in [9.17, 15) is 18.3 Å². The molecule has 0 aromatic heterocycles. The minimum Gasteiger partial charge on any atom is -0.392 e. The van der Waals surface area contributed by atoms with Gasteiger partial charge in [0.2, 0.25) is 5.91 Å². The van der Waals surface area contributed by atoms with Crippen LogP contribution in [0.25, 0.3) is 0 Å². The lowest BCUT2D eigenvalue weighted by molar-refractivity contribution is -0.118. The van der Waals surface area contributed by atoms with Gasteiger partial charge in [-0.25, -0.2) is 8.42 Å². The van der Waals surface area contributed by atoms with Crippen LogP contribution in [0.15, 0.2) is 24.3 Å². The van der Waals surface area contributed by atoms with Crippen LogP contribution in [0.5, 0.6) is 0 Å². The van der Waals surface area contributed by atoms with Crippen molar-refractivity contribution in [2.75, 3.05) is 16.4 Å². The van der Waals surface area contributed by atoms with Crippen molar-refractivity contribution in [1.29, 1.82) is 0 Å². The van der Waals surface area contributed by atoms with E-state index in [-0.39, 0.29) is 30.1 Å². The molecule has 110 valence electrons. The molecule has 20 heavy (non-hydrogen) atoms. The van der Waals surface area contributed by atoms with E-state index in [1.807, 2.05) is 0 Å². The maximum atomic E-state index is 12.2. The Hall–Kier alpha value is -1.40. The number of carbonyl (C=O) groups excluding carboxylic acids is 1. The van der Waals surface area contributed by atoms with Crippen LogP contribution in [0.3, 0.4) is 0 Å². The minimum atomic E-state index is -3.07. The van der Waals surface area contributed by atoms with E-state index in [1.54, 1.807) is 36.1 Å². The van der Waals surface area contributed by atoms with Crippen molar-refractivity contribution in [1.82, 2.24) is 0 Å². The number of sulfone groups is 1. The molecule has 1 fully saturated rings. The number of hydrogen-bond donors (Lipinski definition) is 1. The molecule has 1 atom stereocenters. The van der Waals surface area contributed by atoms with E-state index in [2.05, 4.69) is 0 Å². The molecule has 1 N–H and O–H groups in total. The first-order chi connectivity index (χ1) is 9.48. The highest BCUT2D eigenvalue weighted by atomic mass is 32.2. The van der Waals surface area contributed by atoms with Crippen molar-refractivity contribution in [3.05, 3.63) is 29.8 Å². The molecular formula is C14H19NO4S. The number of para-hydroxylation sites is 1. The van der Waals surface area contributed by atoms with Gasteiger partial charge in [0.15, 0.2) is 9.84 Å². The largest absolute Gasteiger partial charge is 0.392 e. The van der Waals surface area contributed by atoms with Gasteiger partial charge >= 0.3 is 0 Å². The lowest BCUT2D eigenvalue weighted by Gasteiger charge is -2.29. The third kappa shape index (κ3) is 3.02. The topological polar surface area (TPSA) is 74.7 Å². The fourth-order valence-corrected chi connectivity index (χ4v) is 4.26. The average molecular weight is 297 g/mol. The number of hydrogen-bond acceptors (Lipinski definition) is 4. The Kier molecular flexibility index (Phi) is 4.45. The maximum Gasteiger partial charge on any atom is 0.227 e. The average Bonchev–Trinajstić information content (AvgIpc) is 2.79. The summed E-state index contributed by atoms with van der Waals surface area (Å²) in [6, 6.07) is 6.74. The fraction of sp³-hybridized carbons (Fsp3) is 0.500. The van der Waals surface area contributed by atoms with Crippen molar-refractivity contribution in [2.24, 2.45) is 0 Å². The third-order valence-electron chi connectivity index (χ3n) is 3.57. The summed E-state index contributed by atoms with van der Waals surface area (Å²) in [6.45, 7) is 1.57. The second kappa shape index (κ2) is 5.93. The van der Waals surface area contributed by atoms with Gasteiger partial charge in [-0.1, -0.05) is 25.1 Å². The van der Waals surface area contributed by atoms with Gasteiger partial charge in [0.1, 0.15) is 0 Å². The number of benzene rings is 1. The Morgan fingerprint density at radius 3 is 2.65 bits per heavy atom. The van der Waals surface area contributed by atoms with Crippen molar-refractivity contribution < 1.29 is 18.3 Å². The van der Waals surface area contributed by atoms with E-state index in [0.717, 1.165) is 0 Å². The van der Waals surface area contributed by atoms with Crippen LogP contribution in [0.2, 0.25) is 0 Å². The highest BCUT2D eigenvalue weighted by molar-refractivity contribution is 7.91. The van der Waals surface area contributed by atoms with Gasteiger partial charge in [-0.2, -0.15) is 0 Å². The quantitative estimate of drug-likeness (QED) is 0.903. The second-order valence-corrected chi connectivity index (χ2v) is 7.19. The number of anilines is 1. The Morgan fingerprint density at radius 2 is 2.10 bits per heavy atom. The first-order valence-electron chi connectivity index (χ1n) is 6.69. The Balaban J connectivity index is 2.41. The van der Waals surface area contributed by atoms with Gasteiger partial charge in [0.25, 0.3) is 0 Å². The van der Waals surface area contributed by atoms with Gasteiger partial charge in [0.05, 0.1) is 24.2 Å². The molecule has 0 bridgehead atoms. The van der Waals surface area contributed by atoms with E-state index < -0.39 is 9.84 Å². The summed E-state index contributed by atoms with van der Waals surface area (Å²) >= 11 is 0. The summed E-state index contributed by atoms with van der Waals surface area (Å²) in [5.74, 6) is -0.00157. The summed E-state index contributed by atoms with van der Waals surface area (Å²) in [4.78, 5) is 13.8. The van der Waals surface area contributed by atoms with Crippen molar-refractivity contribution >= 4 is 21.4 Å². The van der Waals surface area contributed by atoms with E-state index in [4.69, 9.17) is 0 Å². The van der Waals surface area contributed by atoms with Gasteiger partial charge in [-0.15, -0.1) is 0 Å². The third-order valence-corrected chi connectivity index (χ3v) is 5.32. The fourth-order valence-electron chi connectivity index (χ4n) is 2.56. The lowest BCUT2D eigenvalue weighted by atomic mass is 10.1. The highest BCUT2D eigenvalue weighted by Crippen LogP contribution is 2.28. The first kappa shape index (κ1) is 15.0. The molecular weight excluding hydrogens is 278 g/mol. The first-order valence-corrected chi connectivity index (χ1v) is 8.52. The van der Waals surface area contributed by atoms with E-state index in [0.29, 0.717) is 24.1 Å². The van der Waals surface area contributed by atoms with Crippen LogP contribution in [0.1, 0.15) is 25.3 Å². The monoisotopic (exact) mass is 297 g/mol. The number of carbonyl (C=O) groups is 1. The summed E-state index contributed by atoms with van der Waals surface area (Å²) in [7, 11) is -3.07. The number of nitrogens with zero attached hydrogens (tertiary/aromatic N) is 1. The molecule has 6 heteroatoms. The van der Waals surface area contributed by atoms with Crippen LogP contribution in [0, 0.1) is 0 Å². The molecule has 0 radical (unpaired) electrons. The van der Waals surface area contributed by atoms with Crippen LogP contribution in [0.4, 0.5) is 5.69 Å². The zero-order chi connectivity index (χ0) is 14.8. The molecule has 1 saturated heterocycles. The Labute approximate surface area is 119 Å². The SMILES string of the molecule is CCC(=O)N(c1ccccc1CO)[C@@H]1CCS(=O)(=O)C1. The van der Waals surface area contributed by atoms with Gasteiger partial charge in [-0.3, -0.25) is 4.79 Å². The standard InChI is InChI=1S/C14H19NO4S/c1-2-14(17)15(12-7-8-20(18,19)10-12)13-6-4-3-5-11(13)9-16/h3-6,12,16H,2,7-10H2,1H3/t12-/m1/s1. The van der Waals surface area contributed by atoms with Gasteiger partial charge < -0.3 is 10.0 Å². The van der Waals surface area contributed by atoms with Crippen LogP contribution < -0.4 is 4.90 Å². The van der Waals surface area contributed by atoms with Crippen molar-refractivity contribution in [2.45, 2.75) is 32.4 Å². The molecule has 0 aliphatic carbocycles. The van der Waals surface area contributed by atoms with Crippen LogP contribution in [-0.4, -0.2) is 37.0 Å². The predicted molar refractivity (Wildman–Crippen MR) is 77.2 cm³/mol. The second-order valence-electron chi connectivity index (χ2n) is 4.96. The van der Waals surface area contributed by atoms with E-state index in [1.165, 1.54) is 0 Å². The summed E-state index contributed by atoms with van der Waals surface area (Å²) < 4.78 is 23.3. The van der Waals surface area contributed by atoms with Crippen LogP contribution >= 0.6 is 0 Å². The number of rotatable bonds is 4. The molecule has 1 amide bonds. The van der Waals surface area contributed by atoms with Crippen molar-refractivity contribution in [3.63, 3.8) is 0 Å². The molecule has 0 saturated carbocycles. The summed E-state index contributed by atoms with van der Waals surface area (Å²) in [5, 5.41) is 9.41. The Morgan fingerprint density at radius 1 is 1.40 bits per heavy atom. The normalized spacial score (nSPS) is 20.8. The van der Waals surface area contributed by atoms with Crippen LogP contribution in [-0.2, 0) is 21.2 Å². The molecule has 1 aliphatic rings. The zero-order valence-corrected chi connectivity index (χ0v) is 12.3.